The zero-order valence-electron chi connectivity index (χ0n) is 17.3. The van der Waals surface area contributed by atoms with E-state index in [4.69, 9.17) is 4.98 Å². The van der Waals surface area contributed by atoms with Gasteiger partial charge in [-0.2, -0.15) is 18.2 Å². The van der Waals surface area contributed by atoms with Gasteiger partial charge >= 0.3 is 12.2 Å². The second-order valence-corrected chi connectivity index (χ2v) is 7.81. The molecule has 10 heteroatoms. The standard InChI is InChI=1S/C21H25F3N6O/c1-15-14-18(27-19(25-15)29-8-4-5-9-29)28-10-12-30(13-11-28)20(31)26-17-7-3-2-6-16(17)21(22,23)24/h2-3,6-7,14H,4-5,8-13H2,1H3,(H,26,31). The number of urea groups is 1. The lowest BCUT2D eigenvalue weighted by Crippen LogP contribution is -2.50. The van der Waals surface area contributed by atoms with Crippen LogP contribution in [0.25, 0.3) is 0 Å². The number of nitrogens with one attached hydrogen (secondary N) is 1. The number of carbonyl (C=O) groups excluding carboxylic acids is 1. The molecule has 31 heavy (non-hydrogen) atoms. The van der Waals surface area contributed by atoms with Gasteiger partial charge in [0.05, 0.1) is 11.3 Å². The Kier molecular flexibility index (Phi) is 5.88. The molecule has 2 amide bonds. The second kappa shape index (κ2) is 8.60. The molecule has 0 bridgehead atoms. The third-order valence-electron chi connectivity index (χ3n) is 5.58. The first kappa shape index (κ1) is 21.2. The Balaban J connectivity index is 1.40. The van der Waals surface area contributed by atoms with Crippen molar-refractivity contribution in [1.82, 2.24) is 14.9 Å². The lowest BCUT2D eigenvalue weighted by Gasteiger charge is -2.35. The maximum atomic E-state index is 13.2. The summed E-state index contributed by atoms with van der Waals surface area (Å²) in [7, 11) is 0. The molecule has 2 saturated heterocycles. The number of anilines is 3. The number of para-hydroxylation sites is 1. The molecular weight excluding hydrogens is 409 g/mol. The van der Waals surface area contributed by atoms with Crippen molar-refractivity contribution in [2.24, 2.45) is 0 Å². The molecule has 1 aromatic carbocycles. The summed E-state index contributed by atoms with van der Waals surface area (Å²) >= 11 is 0. The predicted octanol–water partition coefficient (Wildman–Crippen LogP) is 3.76. The molecule has 1 aromatic heterocycles. The number of aromatic nitrogens is 2. The van der Waals surface area contributed by atoms with Gasteiger partial charge in [-0.3, -0.25) is 0 Å². The van der Waals surface area contributed by atoms with Crippen LogP contribution in [0, 0.1) is 6.92 Å². The maximum Gasteiger partial charge on any atom is 0.418 e. The third-order valence-corrected chi connectivity index (χ3v) is 5.58. The molecule has 0 radical (unpaired) electrons. The summed E-state index contributed by atoms with van der Waals surface area (Å²) < 4.78 is 39.5. The van der Waals surface area contributed by atoms with E-state index < -0.39 is 17.8 Å². The lowest BCUT2D eigenvalue weighted by molar-refractivity contribution is -0.136. The number of rotatable bonds is 3. The van der Waals surface area contributed by atoms with Crippen LogP contribution in [0.4, 0.5) is 35.4 Å². The lowest BCUT2D eigenvalue weighted by atomic mass is 10.1. The first-order chi connectivity index (χ1) is 14.8. The third kappa shape index (κ3) is 4.83. The van der Waals surface area contributed by atoms with Crippen molar-refractivity contribution in [3.63, 3.8) is 0 Å². The average Bonchev–Trinajstić information content (AvgIpc) is 3.28. The van der Waals surface area contributed by atoms with Crippen molar-refractivity contribution in [3.05, 3.63) is 41.6 Å². The minimum absolute atomic E-state index is 0.232. The number of alkyl halides is 3. The number of hydrogen-bond acceptors (Lipinski definition) is 5. The van der Waals surface area contributed by atoms with Crippen LogP contribution in [0.3, 0.4) is 0 Å². The van der Waals surface area contributed by atoms with Gasteiger partial charge in [0.2, 0.25) is 5.95 Å². The van der Waals surface area contributed by atoms with Crippen LogP contribution in [0.2, 0.25) is 0 Å². The minimum atomic E-state index is -4.53. The maximum absolute atomic E-state index is 13.2. The minimum Gasteiger partial charge on any atom is -0.353 e. The Morgan fingerprint density at radius 3 is 2.32 bits per heavy atom. The van der Waals surface area contributed by atoms with E-state index in [2.05, 4.69) is 20.1 Å². The summed E-state index contributed by atoms with van der Waals surface area (Å²) in [6, 6.07) is 6.39. The monoisotopic (exact) mass is 434 g/mol. The van der Waals surface area contributed by atoms with Crippen LogP contribution in [0.5, 0.6) is 0 Å². The molecule has 2 aliphatic rings. The number of nitrogens with zero attached hydrogens (tertiary/aromatic N) is 5. The largest absolute Gasteiger partial charge is 0.418 e. The van der Waals surface area contributed by atoms with Gasteiger partial charge in [0.1, 0.15) is 5.82 Å². The van der Waals surface area contributed by atoms with Crippen LogP contribution < -0.4 is 15.1 Å². The highest BCUT2D eigenvalue weighted by Crippen LogP contribution is 2.34. The van der Waals surface area contributed by atoms with E-state index in [0.717, 1.165) is 49.5 Å². The van der Waals surface area contributed by atoms with E-state index in [1.807, 2.05) is 13.0 Å². The second-order valence-electron chi connectivity index (χ2n) is 7.81. The van der Waals surface area contributed by atoms with Crippen molar-refractivity contribution < 1.29 is 18.0 Å². The van der Waals surface area contributed by atoms with Crippen molar-refractivity contribution in [2.45, 2.75) is 25.9 Å². The zero-order chi connectivity index (χ0) is 22.0. The molecule has 2 aromatic rings. The molecule has 166 valence electrons. The Morgan fingerprint density at radius 2 is 1.65 bits per heavy atom. The Labute approximate surface area is 178 Å². The highest BCUT2D eigenvalue weighted by atomic mass is 19.4. The normalized spacial score (nSPS) is 17.2. The molecule has 0 aliphatic carbocycles. The fourth-order valence-corrected chi connectivity index (χ4v) is 3.93. The van der Waals surface area contributed by atoms with Crippen LogP contribution >= 0.6 is 0 Å². The van der Waals surface area contributed by atoms with Gasteiger partial charge in [-0.05, 0) is 31.9 Å². The Bertz CT molecular complexity index is 937. The number of hydrogen-bond donors (Lipinski definition) is 1. The summed E-state index contributed by atoms with van der Waals surface area (Å²) in [6.07, 6.45) is -2.25. The van der Waals surface area contributed by atoms with Gasteiger partial charge in [-0.25, -0.2) is 9.78 Å². The molecule has 1 N–H and O–H groups in total. The molecule has 0 unspecified atom stereocenters. The molecule has 0 atom stereocenters. The molecule has 2 aliphatic heterocycles. The molecule has 2 fully saturated rings. The average molecular weight is 434 g/mol. The topological polar surface area (TPSA) is 64.6 Å². The summed E-state index contributed by atoms with van der Waals surface area (Å²) in [5, 5.41) is 2.41. The van der Waals surface area contributed by atoms with Gasteiger partial charge in [0, 0.05) is 51.0 Å². The first-order valence-corrected chi connectivity index (χ1v) is 10.4. The fraction of sp³-hybridized carbons (Fsp3) is 0.476. The van der Waals surface area contributed by atoms with E-state index in [1.165, 1.54) is 23.1 Å². The SMILES string of the molecule is Cc1cc(N2CCN(C(=O)Nc3ccccc3C(F)(F)F)CC2)nc(N2CCCC2)n1. The van der Waals surface area contributed by atoms with Crippen molar-refractivity contribution >= 4 is 23.5 Å². The van der Waals surface area contributed by atoms with E-state index in [1.54, 1.807) is 0 Å². The van der Waals surface area contributed by atoms with Crippen LogP contribution in [0.15, 0.2) is 30.3 Å². The van der Waals surface area contributed by atoms with Crippen molar-refractivity contribution in [3.8, 4) is 0 Å². The number of aryl methyl sites for hydroxylation is 1. The number of benzene rings is 1. The molecule has 0 spiro atoms. The Hall–Kier alpha value is -3.04. The number of amides is 2. The number of halogens is 3. The van der Waals surface area contributed by atoms with Crippen LogP contribution in [-0.4, -0.2) is 60.2 Å². The number of piperazine rings is 1. The van der Waals surface area contributed by atoms with Gasteiger partial charge in [0.25, 0.3) is 0 Å². The fourth-order valence-electron chi connectivity index (χ4n) is 3.93. The van der Waals surface area contributed by atoms with E-state index in [0.29, 0.717) is 26.2 Å². The van der Waals surface area contributed by atoms with E-state index in [9.17, 15) is 18.0 Å². The van der Waals surface area contributed by atoms with Gasteiger partial charge in [0.15, 0.2) is 0 Å². The summed E-state index contributed by atoms with van der Waals surface area (Å²) in [6.45, 7) is 5.72. The van der Waals surface area contributed by atoms with Crippen molar-refractivity contribution in [2.75, 3.05) is 54.4 Å². The molecule has 0 saturated carbocycles. The van der Waals surface area contributed by atoms with Gasteiger partial charge < -0.3 is 20.0 Å². The van der Waals surface area contributed by atoms with Crippen molar-refractivity contribution in [1.29, 1.82) is 0 Å². The molecule has 4 rings (SSSR count). The van der Waals surface area contributed by atoms with E-state index in [-0.39, 0.29) is 5.69 Å². The quantitative estimate of drug-likeness (QED) is 0.797. The molecular formula is C21H25F3N6O. The van der Waals surface area contributed by atoms with Crippen LogP contribution in [-0.2, 0) is 6.18 Å². The smallest absolute Gasteiger partial charge is 0.353 e. The summed E-state index contributed by atoms with van der Waals surface area (Å²) in [5.74, 6) is 1.55. The van der Waals surface area contributed by atoms with Crippen LogP contribution in [0.1, 0.15) is 24.1 Å². The van der Waals surface area contributed by atoms with E-state index >= 15 is 0 Å². The highest BCUT2D eigenvalue weighted by molar-refractivity contribution is 5.90. The predicted molar refractivity (Wildman–Crippen MR) is 112 cm³/mol. The highest BCUT2D eigenvalue weighted by Gasteiger charge is 2.34. The Morgan fingerprint density at radius 1 is 0.968 bits per heavy atom. The van der Waals surface area contributed by atoms with Gasteiger partial charge in [-0.1, -0.05) is 12.1 Å². The number of carbonyl (C=O) groups is 1. The molecule has 3 heterocycles. The summed E-state index contributed by atoms with van der Waals surface area (Å²) in [5.41, 5.74) is -0.201. The molecule has 7 nitrogen and oxygen atoms in total. The first-order valence-electron chi connectivity index (χ1n) is 10.4. The zero-order valence-corrected chi connectivity index (χ0v) is 17.3. The summed E-state index contributed by atoms with van der Waals surface area (Å²) in [4.78, 5) is 27.6. The van der Waals surface area contributed by atoms with Gasteiger partial charge in [-0.15, -0.1) is 0 Å².